The van der Waals surface area contributed by atoms with Gasteiger partial charge in [0.1, 0.15) is 0 Å². The van der Waals surface area contributed by atoms with Gasteiger partial charge in [0, 0.05) is 31.2 Å². The average Bonchev–Trinajstić information content (AvgIpc) is 3.04. The molecule has 0 unspecified atom stereocenters. The van der Waals surface area contributed by atoms with Crippen LogP contribution in [0.3, 0.4) is 0 Å². The summed E-state index contributed by atoms with van der Waals surface area (Å²) < 4.78 is 0. The lowest BCUT2D eigenvalue weighted by Crippen LogP contribution is -2.39. The molecule has 0 N–H and O–H groups in total. The molecule has 4 nitrogen and oxygen atoms in total. The fourth-order valence-electron chi connectivity index (χ4n) is 4.23. The Bertz CT molecular complexity index is 854. The van der Waals surface area contributed by atoms with Crippen molar-refractivity contribution in [2.45, 2.75) is 25.3 Å². The summed E-state index contributed by atoms with van der Waals surface area (Å²) in [5.74, 6) is 0.107. The Labute approximate surface area is 154 Å². The second-order valence-electron chi connectivity index (χ2n) is 7.17. The van der Waals surface area contributed by atoms with Crippen LogP contribution in [-0.2, 0) is 0 Å². The maximum Gasteiger partial charge on any atom is 0.253 e. The molecular formula is C22H23N3O. The van der Waals surface area contributed by atoms with Crippen molar-refractivity contribution in [3.8, 4) is 17.2 Å². The van der Waals surface area contributed by atoms with Gasteiger partial charge in [-0.1, -0.05) is 30.3 Å². The van der Waals surface area contributed by atoms with E-state index < -0.39 is 0 Å². The molecule has 2 aromatic carbocycles. The van der Waals surface area contributed by atoms with Crippen LogP contribution in [-0.4, -0.2) is 47.9 Å². The number of carbonyl (C=O) groups excluding carboxylic acids is 1. The fraction of sp³-hybridized carbons (Fsp3) is 0.364. The third-order valence-electron chi connectivity index (χ3n) is 5.56. The van der Waals surface area contributed by atoms with Gasteiger partial charge in [0.25, 0.3) is 5.91 Å². The second-order valence-corrected chi connectivity index (χ2v) is 7.17. The zero-order valence-corrected chi connectivity index (χ0v) is 14.9. The molecule has 1 amide bonds. The first-order valence-corrected chi connectivity index (χ1v) is 9.39. The first kappa shape index (κ1) is 16.8. The number of nitrogens with zero attached hydrogens (tertiary/aromatic N) is 3. The molecule has 2 aliphatic rings. The van der Waals surface area contributed by atoms with Crippen LogP contribution in [0.5, 0.6) is 0 Å². The first-order valence-electron chi connectivity index (χ1n) is 9.39. The molecule has 0 bridgehead atoms. The van der Waals surface area contributed by atoms with Gasteiger partial charge in [-0.3, -0.25) is 9.69 Å². The summed E-state index contributed by atoms with van der Waals surface area (Å²) in [4.78, 5) is 17.7. The van der Waals surface area contributed by atoms with Gasteiger partial charge in [-0.05, 0) is 55.1 Å². The molecule has 2 saturated heterocycles. The van der Waals surface area contributed by atoms with E-state index in [2.05, 4.69) is 11.0 Å². The Hall–Kier alpha value is -2.64. The third-order valence-corrected chi connectivity index (χ3v) is 5.56. The minimum absolute atomic E-state index is 0.107. The Morgan fingerprint density at radius 1 is 1.04 bits per heavy atom. The van der Waals surface area contributed by atoms with E-state index in [4.69, 9.17) is 0 Å². The van der Waals surface area contributed by atoms with Crippen molar-refractivity contribution in [1.29, 1.82) is 5.26 Å². The predicted octanol–water partition coefficient (Wildman–Crippen LogP) is 3.54. The minimum atomic E-state index is 0.107. The molecule has 0 radical (unpaired) electrons. The summed E-state index contributed by atoms with van der Waals surface area (Å²) in [6.07, 6.45) is 3.48. The highest BCUT2D eigenvalue weighted by atomic mass is 16.2. The molecular weight excluding hydrogens is 322 g/mol. The highest BCUT2D eigenvalue weighted by Gasteiger charge is 2.30. The number of benzene rings is 2. The van der Waals surface area contributed by atoms with Crippen molar-refractivity contribution in [2.24, 2.45) is 0 Å². The Balaban J connectivity index is 1.60. The summed E-state index contributed by atoms with van der Waals surface area (Å²) in [6, 6.07) is 18.0. The van der Waals surface area contributed by atoms with Gasteiger partial charge in [-0.25, -0.2) is 0 Å². The number of carbonyl (C=O) groups is 1. The molecule has 1 atom stereocenters. The fourth-order valence-corrected chi connectivity index (χ4v) is 4.23. The molecule has 132 valence electrons. The van der Waals surface area contributed by atoms with Gasteiger partial charge < -0.3 is 4.90 Å². The summed E-state index contributed by atoms with van der Waals surface area (Å²) >= 11 is 0. The Kier molecular flexibility index (Phi) is 4.73. The number of rotatable bonds is 2. The van der Waals surface area contributed by atoms with Crippen molar-refractivity contribution < 1.29 is 4.79 Å². The molecule has 4 rings (SSSR count). The Morgan fingerprint density at radius 3 is 2.77 bits per heavy atom. The topological polar surface area (TPSA) is 47.3 Å². The minimum Gasteiger partial charge on any atom is -0.337 e. The number of hydrogen-bond acceptors (Lipinski definition) is 3. The molecule has 0 aromatic heterocycles. The Morgan fingerprint density at radius 2 is 1.88 bits per heavy atom. The first-order chi connectivity index (χ1) is 12.8. The molecule has 26 heavy (non-hydrogen) atoms. The lowest BCUT2D eigenvalue weighted by Gasteiger charge is -2.26. The van der Waals surface area contributed by atoms with Gasteiger partial charge >= 0.3 is 0 Å². The number of amides is 1. The van der Waals surface area contributed by atoms with Gasteiger partial charge in [0.15, 0.2) is 0 Å². The van der Waals surface area contributed by atoms with Gasteiger partial charge in [0.2, 0.25) is 0 Å². The van der Waals surface area contributed by atoms with Crippen LogP contribution in [0.25, 0.3) is 11.1 Å². The molecule has 0 saturated carbocycles. The van der Waals surface area contributed by atoms with E-state index in [-0.39, 0.29) is 5.91 Å². The van der Waals surface area contributed by atoms with E-state index in [9.17, 15) is 10.1 Å². The highest BCUT2D eigenvalue weighted by Crippen LogP contribution is 2.26. The van der Waals surface area contributed by atoms with Crippen LogP contribution < -0.4 is 0 Å². The van der Waals surface area contributed by atoms with E-state index in [0.29, 0.717) is 17.2 Å². The van der Waals surface area contributed by atoms with E-state index in [1.165, 1.54) is 19.4 Å². The van der Waals surface area contributed by atoms with Crippen molar-refractivity contribution >= 4 is 5.91 Å². The summed E-state index contributed by atoms with van der Waals surface area (Å²) in [6.45, 7) is 3.93. The molecule has 2 heterocycles. The van der Waals surface area contributed by atoms with Crippen LogP contribution >= 0.6 is 0 Å². The van der Waals surface area contributed by atoms with Crippen molar-refractivity contribution in [3.05, 3.63) is 59.7 Å². The number of hydrogen-bond donors (Lipinski definition) is 0. The van der Waals surface area contributed by atoms with Crippen LogP contribution in [0, 0.1) is 11.3 Å². The van der Waals surface area contributed by atoms with Crippen LogP contribution in [0.1, 0.15) is 35.2 Å². The smallest absolute Gasteiger partial charge is 0.253 e. The van der Waals surface area contributed by atoms with E-state index in [1.807, 2.05) is 53.4 Å². The van der Waals surface area contributed by atoms with Gasteiger partial charge in [-0.15, -0.1) is 0 Å². The largest absolute Gasteiger partial charge is 0.337 e. The third kappa shape index (κ3) is 3.23. The molecule has 2 aromatic rings. The zero-order chi connectivity index (χ0) is 17.9. The predicted molar refractivity (Wildman–Crippen MR) is 102 cm³/mol. The number of fused-ring (bicyclic) bond motifs is 1. The van der Waals surface area contributed by atoms with E-state index in [0.717, 1.165) is 37.2 Å². The zero-order valence-electron chi connectivity index (χ0n) is 14.9. The standard InChI is InChI=1S/C22H23N3O/c23-15-19-6-1-2-10-21(19)17-7-3-8-18(14-17)22(26)25-13-5-12-24-11-4-9-20(24)16-25/h1-3,6-8,10,14,20H,4-5,9,11-13,16H2/t20-/m0/s1. The van der Waals surface area contributed by atoms with Crippen molar-refractivity contribution in [1.82, 2.24) is 9.80 Å². The van der Waals surface area contributed by atoms with Crippen molar-refractivity contribution in [3.63, 3.8) is 0 Å². The normalized spacial score (nSPS) is 20.3. The SMILES string of the molecule is N#Cc1ccccc1-c1cccc(C(=O)N2CCCN3CCC[C@H]3C2)c1. The molecule has 0 aliphatic carbocycles. The van der Waals surface area contributed by atoms with Gasteiger partial charge in [-0.2, -0.15) is 5.26 Å². The quantitative estimate of drug-likeness (QED) is 0.836. The summed E-state index contributed by atoms with van der Waals surface area (Å²) in [5, 5.41) is 9.35. The van der Waals surface area contributed by atoms with E-state index >= 15 is 0 Å². The maximum atomic E-state index is 13.1. The van der Waals surface area contributed by atoms with Crippen LogP contribution in [0.2, 0.25) is 0 Å². The second kappa shape index (κ2) is 7.31. The van der Waals surface area contributed by atoms with Gasteiger partial charge in [0.05, 0.1) is 11.6 Å². The molecule has 2 fully saturated rings. The summed E-state index contributed by atoms with van der Waals surface area (Å²) in [7, 11) is 0. The molecule has 0 spiro atoms. The maximum absolute atomic E-state index is 13.1. The highest BCUT2D eigenvalue weighted by molar-refractivity contribution is 5.95. The molecule has 2 aliphatic heterocycles. The summed E-state index contributed by atoms with van der Waals surface area (Å²) in [5.41, 5.74) is 3.14. The lowest BCUT2D eigenvalue weighted by atomic mass is 9.98. The monoisotopic (exact) mass is 345 g/mol. The number of nitriles is 1. The lowest BCUT2D eigenvalue weighted by molar-refractivity contribution is 0.0743. The van der Waals surface area contributed by atoms with Crippen molar-refractivity contribution in [2.75, 3.05) is 26.2 Å². The molecule has 4 heteroatoms. The van der Waals surface area contributed by atoms with Crippen LogP contribution in [0.15, 0.2) is 48.5 Å². The van der Waals surface area contributed by atoms with E-state index in [1.54, 1.807) is 0 Å². The average molecular weight is 345 g/mol. The van der Waals surface area contributed by atoms with Crippen LogP contribution in [0.4, 0.5) is 0 Å².